The molecular weight excluding hydrogens is 362 g/mol. The highest BCUT2D eigenvalue weighted by Crippen LogP contribution is 2.30. The molecule has 4 rings (SSSR count). The van der Waals surface area contributed by atoms with E-state index in [9.17, 15) is 9.59 Å². The summed E-state index contributed by atoms with van der Waals surface area (Å²) in [5.74, 6) is -0.0694. The molecule has 1 fully saturated rings. The molecule has 0 saturated carbocycles. The summed E-state index contributed by atoms with van der Waals surface area (Å²) in [5, 5.41) is 7.22. The summed E-state index contributed by atoms with van der Waals surface area (Å²) in [6, 6.07) is 17.9. The van der Waals surface area contributed by atoms with E-state index in [1.165, 1.54) is 0 Å². The topological polar surface area (TPSA) is 63.1 Å². The molecule has 1 aliphatic rings. The molecule has 0 spiro atoms. The van der Waals surface area contributed by atoms with Crippen LogP contribution in [0, 0.1) is 0 Å². The number of hydrogen-bond acceptors (Lipinski definition) is 2. The van der Waals surface area contributed by atoms with Gasteiger partial charge in [0.15, 0.2) is 0 Å². The van der Waals surface area contributed by atoms with Gasteiger partial charge in [0.25, 0.3) is 5.91 Å². The maximum Gasteiger partial charge on any atom is 0.253 e. The summed E-state index contributed by atoms with van der Waals surface area (Å²) in [7, 11) is 0. The standard InChI is InChI=1S/C24H27N3O2/c1-2-15-27-16-20(19-11-6-7-12-21(19)27)23(29)25-17-24(14-8-13-22(28)26-24)18-9-4-3-5-10-18/h3-7,9-12,16H,2,8,13-15,17H2,1H3,(H,25,29)(H,26,28). The Labute approximate surface area is 171 Å². The molecule has 0 aliphatic carbocycles. The Balaban J connectivity index is 1.61. The van der Waals surface area contributed by atoms with Crippen LogP contribution in [0.4, 0.5) is 0 Å². The smallest absolute Gasteiger partial charge is 0.253 e. The van der Waals surface area contributed by atoms with Gasteiger partial charge in [-0.1, -0.05) is 55.5 Å². The van der Waals surface area contributed by atoms with Crippen LogP contribution >= 0.6 is 0 Å². The van der Waals surface area contributed by atoms with Gasteiger partial charge in [-0.3, -0.25) is 9.59 Å². The molecule has 1 aliphatic heterocycles. The molecule has 3 aromatic rings. The van der Waals surface area contributed by atoms with Crippen LogP contribution in [0.15, 0.2) is 60.8 Å². The SMILES string of the molecule is CCCn1cc(C(=O)NCC2(c3ccccc3)CCCC(=O)N2)c2ccccc21. The van der Waals surface area contributed by atoms with Gasteiger partial charge in [0.1, 0.15) is 0 Å². The normalized spacial score (nSPS) is 19.1. The number of piperidine rings is 1. The third-order valence-electron chi connectivity index (χ3n) is 5.76. The van der Waals surface area contributed by atoms with Gasteiger partial charge in [-0.25, -0.2) is 0 Å². The van der Waals surface area contributed by atoms with E-state index in [0.29, 0.717) is 18.5 Å². The van der Waals surface area contributed by atoms with Crippen LogP contribution in [-0.2, 0) is 16.9 Å². The number of aromatic nitrogens is 1. The first kappa shape index (κ1) is 19.2. The summed E-state index contributed by atoms with van der Waals surface area (Å²) >= 11 is 0. The summed E-state index contributed by atoms with van der Waals surface area (Å²) in [6.45, 7) is 3.37. The molecule has 1 unspecified atom stereocenters. The first-order valence-electron chi connectivity index (χ1n) is 10.4. The Morgan fingerprint density at radius 2 is 1.90 bits per heavy atom. The second-order valence-electron chi connectivity index (χ2n) is 7.79. The van der Waals surface area contributed by atoms with Gasteiger partial charge in [-0.05, 0) is 30.9 Å². The molecule has 1 saturated heterocycles. The van der Waals surface area contributed by atoms with Crippen LogP contribution in [0.1, 0.15) is 48.5 Å². The van der Waals surface area contributed by atoms with Crippen molar-refractivity contribution in [3.05, 3.63) is 71.9 Å². The highest BCUT2D eigenvalue weighted by Gasteiger charge is 2.37. The molecule has 2 heterocycles. The molecule has 5 nitrogen and oxygen atoms in total. The summed E-state index contributed by atoms with van der Waals surface area (Å²) in [5.41, 5.74) is 2.22. The Bertz CT molecular complexity index is 1030. The minimum Gasteiger partial charge on any atom is -0.349 e. The number of rotatable bonds is 6. The van der Waals surface area contributed by atoms with Crippen molar-refractivity contribution in [1.82, 2.24) is 15.2 Å². The maximum absolute atomic E-state index is 13.1. The number of amides is 2. The fourth-order valence-electron chi connectivity index (χ4n) is 4.33. The van der Waals surface area contributed by atoms with Crippen molar-refractivity contribution in [2.45, 2.75) is 44.7 Å². The zero-order valence-electron chi connectivity index (χ0n) is 16.8. The number of hydrogen-bond donors (Lipinski definition) is 2. The van der Waals surface area contributed by atoms with Crippen molar-refractivity contribution >= 4 is 22.7 Å². The van der Waals surface area contributed by atoms with E-state index in [2.05, 4.69) is 28.2 Å². The molecule has 0 bridgehead atoms. The Morgan fingerprint density at radius 3 is 2.66 bits per heavy atom. The average molecular weight is 389 g/mol. The molecule has 1 aromatic heterocycles. The van der Waals surface area contributed by atoms with Gasteiger partial charge < -0.3 is 15.2 Å². The van der Waals surface area contributed by atoms with E-state index >= 15 is 0 Å². The predicted octanol–water partition coefficient (Wildman–Crippen LogP) is 3.98. The van der Waals surface area contributed by atoms with Crippen molar-refractivity contribution in [3.63, 3.8) is 0 Å². The molecule has 150 valence electrons. The number of nitrogens with one attached hydrogen (secondary N) is 2. The number of fused-ring (bicyclic) bond motifs is 1. The van der Waals surface area contributed by atoms with E-state index < -0.39 is 5.54 Å². The first-order chi connectivity index (χ1) is 14.1. The van der Waals surface area contributed by atoms with Crippen LogP contribution in [0.5, 0.6) is 0 Å². The fraction of sp³-hybridized carbons (Fsp3) is 0.333. The third kappa shape index (κ3) is 3.77. The quantitative estimate of drug-likeness (QED) is 0.670. The second kappa shape index (κ2) is 8.11. The van der Waals surface area contributed by atoms with Crippen molar-refractivity contribution < 1.29 is 9.59 Å². The predicted molar refractivity (Wildman–Crippen MR) is 115 cm³/mol. The Hall–Kier alpha value is -3.08. The molecule has 1 atom stereocenters. The van der Waals surface area contributed by atoms with Crippen LogP contribution in [-0.4, -0.2) is 22.9 Å². The molecule has 5 heteroatoms. The lowest BCUT2D eigenvalue weighted by atomic mass is 9.82. The van der Waals surface area contributed by atoms with Gasteiger partial charge >= 0.3 is 0 Å². The Kier molecular flexibility index (Phi) is 5.38. The van der Waals surface area contributed by atoms with Crippen LogP contribution < -0.4 is 10.6 Å². The van der Waals surface area contributed by atoms with Crippen molar-refractivity contribution in [2.75, 3.05) is 6.54 Å². The van der Waals surface area contributed by atoms with Gasteiger partial charge in [0, 0.05) is 36.6 Å². The van der Waals surface area contributed by atoms with E-state index in [0.717, 1.165) is 42.3 Å². The monoisotopic (exact) mass is 389 g/mol. The molecule has 2 amide bonds. The number of aryl methyl sites for hydroxylation is 1. The lowest BCUT2D eigenvalue weighted by Gasteiger charge is -2.38. The first-order valence-corrected chi connectivity index (χ1v) is 10.4. The molecule has 0 radical (unpaired) electrons. The molecule has 2 N–H and O–H groups in total. The third-order valence-corrected chi connectivity index (χ3v) is 5.76. The molecular formula is C24H27N3O2. The van der Waals surface area contributed by atoms with Gasteiger partial charge in [-0.15, -0.1) is 0 Å². The number of carbonyl (C=O) groups excluding carboxylic acids is 2. The van der Waals surface area contributed by atoms with Gasteiger partial charge in [0.05, 0.1) is 11.1 Å². The Morgan fingerprint density at radius 1 is 1.14 bits per heavy atom. The second-order valence-corrected chi connectivity index (χ2v) is 7.79. The zero-order valence-corrected chi connectivity index (χ0v) is 16.8. The van der Waals surface area contributed by atoms with E-state index in [1.807, 2.05) is 54.7 Å². The largest absolute Gasteiger partial charge is 0.349 e. The van der Waals surface area contributed by atoms with Crippen molar-refractivity contribution in [1.29, 1.82) is 0 Å². The summed E-state index contributed by atoms with van der Waals surface area (Å²) in [4.78, 5) is 25.3. The maximum atomic E-state index is 13.1. The lowest BCUT2D eigenvalue weighted by Crippen LogP contribution is -2.55. The van der Waals surface area contributed by atoms with Crippen molar-refractivity contribution in [3.8, 4) is 0 Å². The fourth-order valence-corrected chi connectivity index (χ4v) is 4.33. The highest BCUT2D eigenvalue weighted by molar-refractivity contribution is 6.07. The minimum atomic E-state index is -0.561. The highest BCUT2D eigenvalue weighted by atomic mass is 16.2. The minimum absolute atomic E-state index is 0.0360. The number of nitrogens with zero attached hydrogens (tertiary/aromatic N) is 1. The summed E-state index contributed by atoms with van der Waals surface area (Å²) < 4.78 is 2.14. The van der Waals surface area contributed by atoms with Crippen molar-refractivity contribution in [2.24, 2.45) is 0 Å². The van der Waals surface area contributed by atoms with Crippen LogP contribution in [0.3, 0.4) is 0 Å². The number of benzene rings is 2. The molecule has 29 heavy (non-hydrogen) atoms. The number of carbonyl (C=O) groups is 2. The average Bonchev–Trinajstić information content (AvgIpc) is 3.12. The van der Waals surface area contributed by atoms with E-state index in [-0.39, 0.29) is 11.8 Å². The molecule has 2 aromatic carbocycles. The number of para-hydroxylation sites is 1. The van der Waals surface area contributed by atoms with E-state index in [4.69, 9.17) is 0 Å². The lowest BCUT2D eigenvalue weighted by molar-refractivity contribution is -0.125. The summed E-state index contributed by atoms with van der Waals surface area (Å²) in [6.07, 6.45) is 5.10. The van der Waals surface area contributed by atoms with E-state index in [1.54, 1.807) is 0 Å². The zero-order chi connectivity index (χ0) is 20.3. The van der Waals surface area contributed by atoms with Crippen LogP contribution in [0.25, 0.3) is 10.9 Å². The van der Waals surface area contributed by atoms with Gasteiger partial charge in [-0.2, -0.15) is 0 Å². The van der Waals surface area contributed by atoms with Gasteiger partial charge in [0.2, 0.25) is 5.91 Å². The van der Waals surface area contributed by atoms with Crippen LogP contribution in [0.2, 0.25) is 0 Å².